The Balaban J connectivity index is 1.41. The van der Waals surface area contributed by atoms with Gasteiger partial charge in [0.15, 0.2) is 0 Å². The second kappa shape index (κ2) is 2.65. The lowest BCUT2D eigenvalue weighted by Crippen LogP contribution is -2.67. The van der Waals surface area contributed by atoms with Gasteiger partial charge in [-0.3, -0.25) is 0 Å². The van der Waals surface area contributed by atoms with E-state index in [0.29, 0.717) is 23.0 Å². The molecule has 0 amide bonds. The van der Waals surface area contributed by atoms with Crippen molar-refractivity contribution in [3.8, 4) is 0 Å². The molecule has 2 spiro atoms. The summed E-state index contributed by atoms with van der Waals surface area (Å²) in [5.41, 5.74) is 1.21. The molecular weight excluding hydrogens is 272 g/mol. The molecule has 10 aliphatic rings. The molecule has 116 valence electrons. The third-order valence-corrected chi connectivity index (χ3v) is 11.6. The van der Waals surface area contributed by atoms with Crippen molar-refractivity contribution in [3.05, 3.63) is 0 Å². The zero-order valence-electron chi connectivity index (χ0n) is 13.0. The van der Waals surface area contributed by atoms with Crippen LogP contribution >= 0.6 is 0 Å². The first kappa shape index (κ1) is 10.7. The van der Waals surface area contributed by atoms with Gasteiger partial charge >= 0.3 is 0 Å². The maximum absolute atomic E-state index is 6.64. The fraction of sp³-hybridized carbons (Fsp3) is 1.00. The molecular formula is C20H24O2. The lowest BCUT2D eigenvalue weighted by atomic mass is 9.43. The molecule has 22 heavy (non-hydrogen) atoms. The van der Waals surface area contributed by atoms with Crippen molar-refractivity contribution < 1.29 is 9.47 Å². The second-order valence-corrected chi connectivity index (χ2v) is 10.7. The summed E-state index contributed by atoms with van der Waals surface area (Å²) >= 11 is 0. The van der Waals surface area contributed by atoms with E-state index >= 15 is 0 Å². The molecule has 0 aromatic rings. The fourth-order valence-corrected chi connectivity index (χ4v) is 12.4. The van der Waals surface area contributed by atoms with E-state index in [0.717, 1.165) is 72.4 Å². The highest BCUT2D eigenvalue weighted by molar-refractivity contribution is 5.44. The van der Waals surface area contributed by atoms with Gasteiger partial charge in [0.05, 0.1) is 25.4 Å². The number of rotatable bonds is 0. The quantitative estimate of drug-likeness (QED) is 0.684. The lowest BCUT2D eigenvalue weighted by Gasteiger charge is -2.65. The average Bonchev–Trinajstić information content (AvgIpc) is 3.29. The molecule has 10 rings (SSSR count). The van der Waals surface area contributed by atoms with Gasteiger partial charge in [0, 0.05) is 10.8 Å². The molecule has 8 bridgehead atoms. The zero-order valence-corrected chi connectivity index (χ0v) is 13.0. The zero-order chi connectivity index (χ0) is 13.6. The summed E-state index contributed by atoms with van der Waals surface area (Å²) in [4.78, 5) is 0. The van der Waals surface area contributed by atoms with Gasteiger partial charge in [0.2, 0.25) is 0 Å². The molecule has 2 nitrogen and oxygen atoms in total. The molecule has 8 saturated carbocycles. The molecule has 8 aliphatic carbocycles. The largest absolute Gasteiger partial charge is 0.377 e. The summed E-state index contributed by atoms with van der Waals surface area (Å²) < 4.78 is 13.3. The smallest absolute Gasteiger partial charge is 0.0609 e. The molecule has 2 heterocycles. The first-order chi connectivity index (χ1) is 10.9. The minimum atomic E-state index is 0.607. The predicted octanol–water partition coefficient (Wildman–Crippen LogP) is 2.57. The van der Waals surface area contributed by atoms with Gasteiger partial charge in [-0.25, -0.2) is 0 Å². The Labute approximate surface area is 131 Å². The predicted molar refractivity (Wildman–Crippen MR) is 77.7 cm³/mol. The van der Waals surface area contributed by atoms with Crippen LogP contribution in [0.3, 0.4) is 0 Å². The summed E-state index contributed by atoms with van der Waals surface area (Å²) in [6, 6.07) is 0. The Bertz CT molecular complexity index is 588. The SMILES string of the molecule is C1C[C@H]2OC[C@]34[C@H]5[C@H]6[C@H]7[C@H]8[C@H]9[C@@H](CC[C@@H]9OC[C@@]83[C@@H]6[C@H]1[C@H]52)[C@H]74. The highest BCUT2D eigenvalue weighted by Crippen LogP contribution is 2.98. The van der Waals surface area contributed by atoms with E-state index in [-0.39, 0.29) is 0 Å². The van der Waals surface area contributed by atoms with Gasteiger partial charge in [-0.1, -0.05) is 0 Å². The average molecular weight is 296 g/mol. The van der Waals surface area contributed by atoms with Gasteiger partial charge in [-0.15, -0.1) is 0 Å². The summed E-state index contributed by atoms with van der Waals surface area (Å²) in [7, 11) is 0. The fourth-order valence-electron chi connectivity index (χ4n) is 12.4. The molecule has 0 radical (unpaired) electrons. The van der Waals surface area contributed by atoms with Crippen molar-refractivity contribution >= 4 is 0 Å². The van der Waals surface area contributed by atoms with Crippen molar-refractivity contribution in [2.75, 3.05) is 13.2 Å². The summed E-state index contributed by atoms with van der Waals surface area (Å²) in [5.74, 6) is 10.6. The van der Waals surface area contributed by atoms with E-state index < -0.39 is 0 Å². The van der Waals surface area contributed by atoms with Crippen LogP contribution in [0.1, 0.15) is 25.7 Å². The molecule has 14 atom stereocenters. The monoisotopic (exact) mass is 296 g/mol. The highest BCUT2D eigenvalue weighted by atomic mass is 16.5. The maximum atomic E-state index is 6.64. The van der Waals surface area contributed by atoms with Crippen LogP contribution in [-0.4, -0.2) is 25.4 Å². The molecule has 0 aromatic heterocycles. The first-order valence-electron chi connectivity index (χ1n) is 10.1. The Morgan fingerprint density at radius 3 is 1.55 bits per heavy atom. The van der Waals surface area contributed by atoms with Crippen LogP contribution in [0, 0.1) is 70.0 Å². The van der Waals surface area contributed by atoms with Gasteiger partial charge < -0.3 is 9.47 Å². The number of hydrogen-bond donors (Lipinski definition) is 0. The lowest BCUT2D eigenvalue weighted by molar-refractivity contribution is -0.275. The Hall–Kier alpha value is -0.0800. The molecule has 0 N–H and O–H groups in total. The molecule has 2 aliphatic heterocycles. The van der Waals surface area contributed by atoms with Crippen LogP contribution in [0.4, 0.5) is 0 Å². The molecule has 2 heteroatoms. The Morgan fingerprint density at radius 2 is 1.05 bits per heavy atom. The van der Waals surface area contributed by atoms with Gasteiger partial charge in [0.25, 0.3) is 0 Å². The number of ether oxygens (including phenoxy) is 2. The van der Waals surface area contributed by atoms with E-state index in [1.807, 2.05) is 0 Å². The van der Waals surface area contributed by atoms with Crippen molar-refractivity contribution in [2.24, 2.45) is 70.0 Å². The third-order valence-electron chi connectivity index (χ3n) is 11.6. The van der Waals surface area contributed by atoms with Crippen LogP contribution in [-0.2, 0) is 9.47 Å². The van der Waals surface area contributed by atoms with Crippen molar-refractivity contribution in [2.45, 2.75) is 37.9 Å². The minimum Gasteiger partial charge on any atom is -0.377 e. The second-order valence-electron chi connectivity index (χ2n) is 10.7. The van der Waals surface area contributed by atoms with E-state index in [4.69, 9.17) is 9.47 Å². The van der Waals surface area contributed by atoms with E-state index in [1.54, 1.807) is 0 Å². The Kier molecular flexibility index (Phi) is 1.29. The summed E-state index contributed by atoms with van der Waals surface area (Å²) in [6.07, 6.45) is 7.09. The standard InChI is InChI=1S/C20H24O2/c1-3-9-11-7(1)15-13-14-16-8-2-4-10-12(8)18(14)19(15,5-22-10)20(16,6-21-9)17(11)13/h7-18H,1-6H2/t7-,8-,9-,10+,11+,12+,13+,14-,15-,16-,17-,18-,19-,20+/m1/s1. The topological polar surface area (TPSA) is 18.5 Å². The third kappa shape index (κ3) is 0.624. The van der Waals surface area contributed by atoms with Crippen LogP contribution in [0.2, 0.25) is 0 Å². The van der Waals surface area contributed by atoms with Crippen LogP contribution in [0.25, 0.3) is 0 Å². The Morgan fingerprint density at radius 1 is 0.545 bits per heavy atom. The molecule has 10 fully saturated rings. The van der Waals surface area contributed by atoms with Crippen molar-refractivity contribution in [1.82, 2.24) is 0 Å². The van der Waals surface area contributed by atoms with Crippen LogP contribution in [0.5, 0.6) is 0 Å². The van der Waals surface area contributed by atoms with E-state index in [9.17, 15) is 0 Å². The van der Waals surface area contributed by atoms with Gasteiger partial charge in [-0.05, 0) is 84.9 Å². The molecule has 0 aromatic carbocycles. The first-order valence-corrected chi connectivity index (χ1v) is 10.1. The van der Waals surface area contributed by atoms with Crippen molar-refractivity contribution in [3.63, 3.8) is 0 Å². The normalized spacial score (nSPS) is 85.1. The van der Waals surface area contributed by atoms with Crippen molar-refractivity contribution in [1.29, 1.82) is 0 Å². The molecule has 0 unspecified atom stereocenters. The van der Waals surface area contributed by atoms with Crippen LogP contribution in [0.15, 0.2) is 0 Å². The maximum Gasteiger partial charge on any atom is 0.0609 e. The molecule has 2 saturated heterocycles. The summed E-state index contributed by atoms with van der Waals surface area (Å²) in [6.45, 7) is 2.29. The highest BCUT2D eigenvalue weighted by Gasteiger charge is 2.98. The minimum absolute atomic E-state index is 0.607. The van der Waals surface area contributed by atoms with Gasteiger partial charge in [-0.2, -0.15) is 0 Å². The summed E-state index contributed by atoms with van der Waals surface area (Å²) in [5, 5.41) is 0. The van der Waals surface area contributed by atoms with Gasteiger partial charge in [0.1, 0.15) is 0 Å². The van der Waals surface area contributed by atoms with E-state index in [2.05, 4.69) is 0 Å². The number of hydrogen-bond acceptors (Lipinski definition) is 2. The van der Waals surface area contributed by atoms with E-state index in [1.165, 1.54) is 25.7 Å². The van der Waals surface area contributed by atoms with Crippen LogP contribution < -0.4 is 0 Å².